The summed E-state index contributed by atoms with van der Waals surface area (Å²) in [6.45, 7) is 5.97. The predicted molar refractivity (Wildman–Crippen MR) is 77.7 cm³/mol. The van der Waals surface area contributed by atoms with Crippen molar-refractivity contribution in [2.45, 2.75) is 38.1 Å². The molecule has 1 saturated heterocycles. The van der Waals surface area contributed by atoms with E-state index >= 15 is 0 Å². The van der Waals surface area contributed by atoms with Gasteiger partial charge in [0, 0.05) is 6.61 Å². The fraction of sp³-hybridized carbons (Fsp3) is 0.533. The molecular formula is C15H19ClN2O. The average molecular weight is 279 g/mol. The normalized spacial score (nSPS) is 23.9. The Labute approximate surface area is 118 Å². The summed E-state index contributed by atoms with van der Waals surface area (Å²) < 4.78 is 8.01. The maximum atomic E-state index is 6.11. The van der Waals surface area contributed by atoms with Gasteiger partial charge in [-0.3, -0.25) is 0 Å². The van der Waals surface area contributed by atoms with E-state index in [0.29, 0.717) is 5.88 Å². The number of hydrogen-bond donors (Lipinski definition) is 0. The summed E-state index contributed by atoms with van der Waals surface area (Å²) in [5, 5.41) is 0. The van der Waals surface area contributed by atoms with Gasteiger partial charge in [0.2, 0.25) is 0 Å². The number of alkyl halides is 1. The first-order valence-electron chi connectivity index (χ1n) is 6.77. The number of aromatic nitrogens is 2. The van der Waals surface area contributed by atoms with Gasteiger partial charge in [-0.05, 0) is 38.3 Å². The number of fused-ring (bicyclic) bond motifs is 1. The van der Waals surface area contributed by atoms with Gasteiger partial charge in [0.05, 0.1) is 29.1 Å². The van der Waals surface area contributed by atoms with Crippen molar-refractivity contribution in [2.75, 3.05) is 13.2 Å². The van der Waals surface area contributed by atoms with E-state index < -0.39 is 0 Å². The molecule has 0 aliphatic carbocycles. The van der Waals surface area contributed by atoms with E-state index in [-0.39, 0.29) is 5.54 Å². The van der Waals surface area contributed by atoms with Gasteiger partial charge in [0.15, 0.2) is 0 Å². The smallest absolute Gasteiger partial charge is 0.125 e. The molecule has 1 aliphatic heterocycles. The third-order valence-corrected chi connectivity index (χ3v) is 4.26. The zero-order chi connectivity index (χ0) is 13.5. The van der Waals surface area contributed by atoms with Gasteiger partial charge in [0.1, 0.15) is 5.82 Å². The van der Waals surface area contributed by atoms with E-state index in [2.05, 4.69) is 35.5 Å². The largest absolute Gasteiger partial charge is 0.379 e. The van der Waals surface area contributed by atoms with E-state index in [1.165, 1.54) is 11.1 Å². The molecule has 0 spiro atoms. The molecule has 1 aromatic heterocycles. The molecule has 0 saturated carbocycles. The highest BCUT2D eigenvalue weighted by Gasteiger charge is 2.33. The van der Waals surface area contributed by atoms with Crippen molar-refractivity contribution in [3.8, 4) is 0 Å². The molecule has 102 valence electrons. The fourth-order valence-electron chi connectivity index (χ4n) is 3.11. The highest BCUT2D eigenvalue weighted by atomic mass is 35.5. The second kappa shape index (κ2) is 4.80. The topological polar surface area (TPSA) is 27.1 Å². The predicted octanol–water partition coefficient (Wildman–Crippen LogP) is 3.61. The van der Waals surface area contributed by atoms with Gasteiger partial charge in [0.25, 0.3) is 0 Å². The Morgan fingerprint density at radius 3 is 3.00 bits per heavy atom. The van der Waals surface area contributed by atoms with E-state index in [9.17, 15) is 0 Å². The van der Waals surface area contributed by atoms with E-state index in [0.717, 1.165) is 37.4 Å². The first kappa shape index (κ1) is 12.9. The summed E-state index contributed by atoms with van der Waals surface area (Å²) in [6, 6.07) is 6.24. The minimum atomic E-state index is -0.0384. The van der Waals surface area contributed by atoms with E-state index in [4.69, 9.17) is 16.3 Å². The minimum Gasteiger partial charge on any atom is -0.379 e. The van der Waals surface area contributed by atoms with Gasteiger partial charge < -0.3 is 9.30 Å². The monoisotopic (exact) mass is 278 g/mol. The Kier molecular flexibility index (Phi) is 3.27. The van der Waals surface area contributed by atoms with Crippen LogP contribution in [0.15, 0.2) is 18.2 Å². The van der Waals surface area contributed by atoms with Gasteiger partial charge in [-0.2, -0.15) is 0 Å². The lowest BCUT2D eigenvalue weighted by Crippen LogP contribution is -2.40. The summed E-state index contributed by atoms with van der Waals surface area (Å²) in [6.07, 6.45) is 2.19. The molecule has 1 aromatic carbocycles. The van der Waals surface area contributed by atoms with Crippen molar-refractivity contribution in [3.63, 3.8) is 0 Å². The van der Waals surface area contributed by atoms with Gasteiger partial charge in [-0.15, -0.1) is 11.6 Å². The number of nitrogens with zero attached hydrogens (tertiary/aromatic N) is 2. The number of benzene rings is 1. The summed E-state index contributed by atoms with van der Waals surface area (Å²) >= 11 is 6.11. The van der Waals surface area contributed by atoms with Crippen molar-refractivity contribution in [3.05, 3.63) is 29.6 Å². The summed E-state index contributed by atoms with van der Waals surface area (Å²) in [7, 11) is 0. The second-order valence-electron chi connectivity index (χ2n) is 5.59. The Morgan fingerprint density at radius 1 is 1.47 bits per heavy atom. The quantitative estimate of drug-likeness (QED) is 0.785. The molecule has 1 fully saturated rings. The summed E-state index contributed by atoms with van der Waals surface area (Å²) in [5.41, 5.74) is 3.44. The highest BCUT2D eigenvalue weighted by molar-refractivity contribution is 6.16. The summed E-state index contributed by atoms with van der Waals surface area (Å²) in [4.78, 5) is 4.69. The third-order valence-electron chi connectivity index (χ3n) is 4.02. The maximum absolute atomic E-state index is 6.11. The molecule has 2 heterocycles. The van der Waals surface area contributed by atoms with Crippen LogP contribution in [0.3, 0.4) is 0 Å². The van der Waals surface area contributed by atoms with Crippen LogP contribution in [0.25, 0.3) is 11.0 Å². The van der Waals surface area contributed by atoms with Crippen molar-refractivity contribution in [1.29, 1.82) is 0 Å². The van der Waals surface area contributed by atoms with Crippen molar-refractivity contribution >= 4 is 22.6 Å². The van der Waals surface area contributed by atoms with Gasteiger partial charge >= 0.3 is 0 Å². The lowest BCUT2D eigenvalue weighted by molar-refractivity contribution is 0.0104. The molecule has 3 nitrogen and oxygen atoms in total. The lowest BCUT2D eigenvalue weighted by Gasteiger charge is -2.36. The number of aryl methyl sites for hydroxylation is 1. The SMILES string of the molecule is Cc1cccc2nc(CCl)n(C3(C)CCCOC3)c12. The van der Waals surface area contributed by atoms with Crippen LogP contribution in [0.2, 0.25) is 0 Å². The molecule has 0 radical (unpaired) electrons. The van der Waals surface area contributed by atoms with Crippen LogP contribution in [0, 0.1) is 6.92 Å². The number of halogens is 1. The van der Waals surface area contributed by atoms with Crippen LogP contribution in [-0.2, 0) is 16.2 Å². The zero-order valence-electron chi connectivity index (χ0n) is 11.4. The molecule has 0 amide bonds. The lowest BCUT2D eigenvalue weighted by atomic mass is 9.93. The van der Waals surface area contributed by atoms with Crippen molar-refractivity contribution in [2.24, 2.45) is 0 Å². The van der Waals surface area contributed by atoms with E-state index in [1.807, 2.05) is 6.07 Å². The number of rotatable bonds is 2. The molecule has 1 atom stereocenters. The van der Waals surface area contributed by atoms with E-state index in [1.54, 1.807) is 0 Å². The minimum absolute atomic E-state index is 0.0384. The Bertz CT molecular complexity index is 599. The first-order chi connectivity index (χ1) is 9.15. The maximum Gasteiger partial charge on any atom is 0.125 e. The van der Waals surface area contributed by atoms with Crippen LogP contribution < -0.4 is 0 Å². The molecule has 1 unspecified atom stereocenters. The Morgan fingerprint density at radius 2 is 2.32 bits per heavy atom. The number of hydrogen-bond acceptors (Lipinski definition) is 2. The molecule has 0 bridgehead atoms. The fourth-order valence-corrected chi connectivity index (χ4v) is 3.29. The van der Waals surface area contributed by atoms with Crippen LogP contribution in [0.5, 0.6) is 0 Å². The van der Waals surface area contributed by atoms with Crippen LogP contribution in [0.1, 0.15) is 31.2 Å². The molecule has 4 heteroatoms. The zero-order valence-corrected chi connectivity index (χ0v) is 12.2. The number of imidazole rings is 1. The average Bonchev–Trinajstić information content (AvgIpc) is 2.80. The highest BCUT2D eigenvalue weighted by Crippen LogP contribution is 2.34. The Hall–Kier alpha value is -1.06. The molecular weight excluding hydrogens is 260 g/mol. The molecule has 0 N–H and O–H groups in total. The van der Waals surface area contributed by atoms with Crippen LogP contribution in [0.4, 0.5) is 0 Å². The second-order valence-corrected chi connectivity index (χ2v) is 5.86. The Balaban J connectivity index is 2.25. The first-order valence-corrected chi connectivity index (χ1v) is 7.30. The third kappa shape index (κ3) is 2.05. The number of para-hydroxylation sites is 1. The standard InChI is InChI=1S/C15H19ClN2O/c1-11-5-3-6-12-14(11)18(13(9-16)17-12)15(2)7-4-8-19-10-15/h3,5-6H,4,7-10H2,1-2H3. The van der Waals surface area contributed by atoms with Gasteiger partial charge in [-0.25, -0.2) is 4.98 Å². The van der Waals surface area contributed by atoms with Crippen LogP contribution >= 0.6 is 11.6 Å². The number of ether oxygens (including phenoxy) is 1. The van der Waals surface area contributed by atoms with Crippen LogP contribution in [-0.4, -0.2) is 22.8 Å². The molecule has 2 aromatic rings. The molecule has 19 heavy (non-hydrogen) atoms. The summed E-state index contributed by atoms with van der Waals surface area (Å²) in [5.74, 6) is 1.38. The van der Waals surface area contributed by atoms with Crippen molar-refractivity contribution < 1.29 is 4.74 Å². The van der Waals surface area contributed by atoms with Crippen molar-refractivity contribution in [1.82, 2.24) is 9.55 Å². The molecule has 3 rings (SSSR count). The van der Waals surface area contributed by atoms with Gasteiger partial charge in [-0.1, -0.05) is 12.1 Å². The molecule has 1 aliphatic rings.